The van der Waals surface area contributed by atoms with Crippen LogP contribution in [0.1, 0.15) is 28.8 Å². The minimum Gasteiger partial charge on any atom is -0.492 e. The maximum atomic E-state index is 12.7. The van der Waals surface area contributed by atoms with Gasteiger partial charge in [0.25, 0.3) is 5.91 Å². The first kappa shape index (κ1) is 23.0. The van der Waals surface area contributed by atoms with E-state index in [9.17, 15) is 20.1 Å². The summed E-state index contributed by atoms with van der Waals surface area (Å²) >= 11 is 6.16. The summed E-state index contributed by atoms with van der Waals surface area (Å²) in [7, 11) is 0. The van der Waals surface area contributed by atoms with Crippen LogP contribution in [0, 0.1) is 5.41 Å². The summed E-state index contributed by atoms with van der Waals surface area (Å²) in [5.74, 6) is 0.124. The molecule has 32 heavy (non-hydrogen) atoms. The van der Waals surface area contributed by atoms with Crippen molar-refractivity contribution in [2.45, 2.75) is 37.7 Å². The van der Waals surface area contributed by atoms with E-state index >= 15 is 0 Å². The molecule has 1 saturated carbocycles. The molecule has 1 amide bonds. The van der Waals surface area contributed by atoms with Crippen LogP contribution in [-0.4, -0.2) is 70.7 Å². The number of rotatable bonds is 2. The summed E-state index contributed by atoms with van der Waals surface area (Å²) in [4.78, 5) is 14.8. The number of hydrogen-bond acceptors (Lipinski definition) is 6. The Kier molecular flexibility index (Phi) is 7.02. The molecule has 0 aromatic heterocycles. The average molecular weight is 461 g/mol. The standard InChI is InChI=1S/C24H29ClN2O5/c25-17-5-3-4-16(8-17)12-27-13-18(28)11-26-23(31)19-6-1-2-7-22(19)32-15-24(14-27)9-20(29)21(30)10-24/h1-8,18,20-21,28-30H,9-15H2,(H,26,31)/t18-,20-,21+,24?/m0/s1. The second kappa shape index (κ2) is 9.77. The van der Waals surface area contributed by atoms with E-state index in [0.29, 0.717) is 48.8 Å². The quantitative estimate of drug-likeness (QED) is 0.545. The molecule has 7 nitrogen and oxygen atoms in total. The molecule has 4 N–H and O–H groups in total. The largest absolute Gasteiger partial charge is 0.492 e. The molecule has 4 rings (SSSR count). The van der Waals surface area contributed by atoms with E-state index in [1.54, 1.807) is 24.3 Å². The van der Waals surface area contributed by atoms with Gasteiger partial charge in [0.05, 0.1) is 30.5 Å². The molecule has 2 aromatic carbocycles. The van der Waals surface area contributed by atoms with Gasteiger partial charge < -0.3 is 25.4 Å². The number of para-hydroxylation sites is 1. The molecule has 1 fully saturated rings. The summed E-state index contributed by atoms with van der Waals surface area (Å²) in [6.45, 7) is 1.66. The van der Waals surface area contributed by atoms with Crippen molar-refractivity contribution in [1.82, 2.24) is 10.2 Å². The molecule has 1 heterocycles. The molecule has 0 saturated heterocycles. The van der Waals surface area contributed by atoms with Crippen LogP contribution in [-0.2, 0) is 6.54 Å². The van der Waals surface area contributed by atoms with Gasteiger partial charge in [-0.3, -0.25) is 9.69 Å². The Morgan fingerprint density at radius 3 is 2.59 bits per heavy atom. The molecule has 1 aliphatic carbocycles. The molecule has 8 heteroatoms. The maximum absolute atomic E-state index is 12.7. The predicted octanol–water partition coefficient (Wildman–Crippen LogP) is 1.83. The number of fused-ring (bicyclic) bond motifs is 1. The minimum absolute atomic E-state index is 0.0947. The fourth-order valence-electron chi connectivity index (χ4n) is 4.77. The van der Waals surface area contributed by atoms with Crippen molar-refractivity contribution in [3.63, 3.8) is 0 Å². The van der Waals surface area contributed by atoms with Gasteiger partial charge in [0, 0.05) is 36.6 Å². The number of amides is 1. The summed E-state index contributed by atoms with van der Waals surface area (Å²) in [5, 5.41) is 34.8. The lowest BCUT2D eigenvalue weighted by Gasteiger charge is -2.37. The number of nitrogens with zero attached hydrogens (tertiary/aromatic N) is 1. The van der Waals surface area contributed by atoms with E-state index in [2.05, 4.69) is 10.2 Å². The third-order valence-electron chi connectivity index (χ3n) is 6.22. The lowest BCUT2D eigenvalue weighted by molar-refractivity contribution is 0.0401. The number of aliphatic hydroxyl groups excluding tert-OH is 3. The molecule has 2 aromatic rings. The highest BCUT2D eigenvalue weighted by molar-refractivity contribution is 6.30. The smallest absolute Gasteiger partial charge is 0.255 e. The summed E-state index contributed by atoms with van der Waals surface area (Å²) in [6.07, 6.45) is -1.75. The van der Waals surface area contributed by atoms with Crippen LogP contribution >= 0.6 is 11.6 Å². The Morgan fingerprint density at radius 2 is 1.84 bits per heavy atom. The average Bonchev–Trinajstić information content (AvgIpc) is 3.03. The van der Waals surface area contributed by atoms with E-state index < -0.39 is 23.7 Å². The van der Waals surface area contributed by atoms with Gasteiger partial charge in [-0.25, -0.2) is 0 Å². The summed E-state index contributed by atoms with van der Waals surface area (Å²) < 4.78 is 6.12. The van der Waals surface area contributed by atoms with Gasteiger partial charge >= 0.3 is 0 Å². The normalized spacial score (nSPS) is 29.5. The summed E-state index contributed by atoms with van der Waals surface area (Å²) in [5.41, 5.74) is 0.839. The highest BCUT2D eigenvalue weighted by Crippen LogP contribution is 2.40. The third-order valence-corrected chi connectivity index (χ3v) is 6.45. The zero-order chi connectivity index (χ0) is 22.7. The zero-order valence-electron chi connectivity index (χ0n) is 17.8. The number of hydrogen-bond donors (Lipinski definition) is 4. The lowest BCUT2D eigenvalue weighted by Crippen LogP contribution is -2.46. The van der Waals surface area contributed by atoms with Crippen molar-refractivity contribution in [1.29, 1.82) is 0 Å². The molecule has 172 valence electrons. The van der Waals surface area contributed by atoms with Gasteiger partial charge in [0.2, 0.25) is 0 Å². The number of aliphatic hydroxyl groups is 3. The van der Waals surface area contributed by atoms with Gasteiger partial charge in [-0.15, -0.1) is 0 Å². The molecule has 1 unspecified atom stereocenters. The number of β-amino-alcohol motifs (C(OH)–C–C–N with tert-alkyl or cyclic N) is 1. The van der Waals surface area contributed by atoms with Crippen LogP contribution in [0.15, 0.2) is 48.5 Å². The molecule has 4 atom stereocenters. The van der Waals surface area contributed by atoms with Gasteiger partial charge in [-0.2, -0.15) is 0 Å². The number of halogens is 1. The van der Waals surface area contributed by atoms with Crippen LogP contribution in [0.3, 0.4) is 0 Å². The molecule has 1 spiro atoms. The number of nitrogens with one attached hydrogen (secondary N) is 1. The first-order valence-electron chi connectivity index (χ1n) is 10.8. The fourth-order valence-corrected chi connectivity index (χ4v) is 4.98. The van der Waals surface area contributed by atoms with E-state index in [4.69, 9.17) is 16.3 Å². The van der Waals surface area contributed by atoms with E-state index in [1.165, 1.54) is 0 Å². The SMILES string of the molecule is O=C1NC[C@H](O)CN(Cc2cccc(Cl)c2)CC2(COc3ccccc31)C[C@@H](O)[C@@H](O)C2. The first-order chi connectivity index (χ1) is 15.3. The Balaban J connectivity index is 1.65. The van der Waals surface area contributed by atoms with Crippen LogP contribution in [0.2, 0.25) is 5.02 Å². The third kappa shape index (κ3) is 5.42. The van der Waals surface area contributed by atoms with Crippen molar-refractivity contribution >= 4 is 17.5 Å². The molecule has 0 bridgehead atoms. The fraction of sp³-hybridized carbons (Fsp3) is 0.458. The van der Waals surface area contributed by atoms with Gasteiger partial charge in [0.15, 0.2) is 0 Å². The van der Waals surface area contributed by atoms with Crippen molar-refractivity contribution in [2.24, 2.45) is 5.41 Å². The molecular formula is C24H29ClN2O5. The topological polar surface area (TPSA) is 102 Å². The Labute approximate surface area is 192 Å². The molecule has 2 aliphatic rings. The second-order valence-electron chi connectivity index (χ2n) is 8.99. The monoisotopic (exact) mass is 460 g/mol. The lowest BCUT2D eigenvalue weighted by atomic mass is 9.85. The van der Waals surface area contributed by atoms with Gasteiger partial charge in [-0.05, 0) is 42.7 Å². The van der Waals surface area contributed by atoms with E-state index in [0.717, 1.165) is 5.56 Å². The van der Waals surface area contributed by atoms with Gasteiger partial charge in [-0.1, -0.05) is 35.9 Å². The van der Waals surface area contributed by atoms with Crippen LogP contribution < -0.4 is 10.1 Å². The first-order valence-corrected chi connectivity index (χ1v) is 11.2. The Bertz CT molecular complexity index is 945. The van der Waals surface area contributed by atoms with Crippen molar-refractivity contribution in [3.05, 3.63) is 64.7 Å². The zero-order valence-corrected chi connectivity index (χ0v) is 18.5. The molecule has 0 radical (unpaired) electrons. The number of carbonyl (C=O) groups excluding carboxylic acids is 1. The van der Waals surface area contributed by atoms with Crippen LogP contribution in [0.5, 0.6) is 5.75 Å². The minimum atomic E-state index is -0.844. The van der Waals surface area contributed by atoms with E-state index in [1.807, 2.05) is 24.3 Å². The van der Waals surface area contributed by atoms with Crippen LogP contribution in [0.4, 0.5) is 0 Å². The Hall–Kier alpha value is -2.16. The highest BCUT2D eigenvalue weighted by Gasteiger charge is 2.46. The second-order valence-corrected chi connectivity index (χ2v) is 9.43. The molecule has 1 aliphatic heterocycles. The number of ether oxygens (including phenoxy) is 1. The highest BCUT2D eigenvalue weighted by atomic mass is 35.5. The van der Waals surface area contributed by atoms with Crippen LogP contribution in [0.25, 0.3) is 0 Å². The maximum Gasteiger partial charge on any atom is 0.255 e. The number of benzene rings is 2. The van der Waals surface area contributed by atoms with Crippen molar-refractivity contribution < 1.29 is 24.9 Å². The van der Waals surface area contributed by atoms with Crippen molar-refractivity contribution in [2.75, 3.05) is 26.2 Å². The molecular weight excluding hydrogens is 432 g/mol. The Morgan fingerprint density at radius 1 is 1.09 bits per heavy atom. The van der Waals surface area contributed by atoms with Crippen molar-refractivity contribution in [3.8, 4) is 5.75 Å². The van der Waals surface area contributed by atoms with Gasteiger partial charge in [0.1, 0.15) is 5.75 Å². The number of carbonyl (C=O) groups is 1. The van der Waals surface area contributed by atoms with E-state index in [-0.39, 0.29) is 19.1 Å². The predicted molar refractivity (Wildman–Crippen MR) is 121 cm³/mol. The summed E-state index contributed by atoms with van der Waals surface area (Å²) in [6, 6.07) is 14.5.